The van der Waals surface area contributed by atoms with E-state index in [9.17, 15) is 9.90 Å². The number of hydrogen-bond donors (Lipinski definition) is 1. The van der Waals surface area contributed by atoms with Crippen molar-refractivity contribution in [2.45, 2.75) is 60.3 Å². The molecular weight excluding hydrogens is 388 g/mol. The lowest BCUT2D eigenvalue weighted by Gasteiger charge is -2.40. The summed E-state index contributed by atoms with van der Waals surface area (Å²) in [6, 6.07) is 8.10. The van der Waals surface area contributed by atoms with E-state index in [1.165, 1.54) is 0 Å². The first-order valence-corrected chi connectivity index (χ1v) is 11.3. The topological polar surface area (TPSA) is 62.7 Å². The Morgan fingerprint density at radius 1 is 1.19 bits per heavy atom. The van der Waals surface area contributed by atoms with Crippen molar-refractivity contribution in [1.29, 1.82) is 0 Å². The second kappa shape index (κ2) is 9.71. The number of carboxylic acid groups (broad SMARTS) is 1. The third-order valence-electron chi connectivity index (χ3n) is 6.26. The lowest BCUT2D eigenvalue weighted by Crippen LogP contribution is -2.38. The molecule has 2 aromatic rings. The third-order valence-corrected chi connectivity index (χ3v) is 6.26. The minimum absolute atomic E-state index is 0.0156. The van der Waals surface area contributed by atoms with Crippen LogP contribution >= 0.6 is 0 Å². The number of benzene rings is 1. The molecule has 0 radical (unpaired) electrons. The molecule has 5 nitrogen and oxygen atoms in total. The lowest BCUT2D eigenvalue weighted by molar-refractivity contribution is -0.136. The highest BCUT2D eigenvalue weighted by molar-refractivity contribution is 5.84. The Morgan fingerprint density at radius 3 is 2.42 bits per heavy atom. The molecule has 0 aliphatic carbocycles. The number of anilines is 1. The van der Waals surface area contributed by atoms with Gasteiger partial charge in [-0.1, -0.05) is 39.8 Å². The second-order valence-electron chi connectivity index (χ2n) is 9.86. The van der Waals surface area contributed by atoms with Crippen LogP contribution in [0.4, 0.5) is 5.69 Å². The third kappa shape index (κ3) is 5.99. The van der Waals surface area contributed by atoms with E-state index in [1.807, 2.05) is 25.3 Å². The number of rotatable bonds is 8. The van der Waals surface area contributed by atoms with Gasteiger partial charge in [0.2, 0.25) is 0 Å². The van der Waals surface area contributed by atoms with Gasteiger partial charge in [-0.25, -0.2) is 0 Å². The summed E-state index contributed by atoms with van der Waals surface area (Å²) in [5.41, 5.74) is 4.99. The SMILES string of the molecule is Cc1ncc(-c2ccc(OCCC(C)C)cc2)c(N2CCC(C)(C)CC2)c1CC(=O)O. The Hall–Kier alpha value is -2.56. The first-order chi connectivity index (χ1) is 14.7. The molecule has 3 rings (SSSR count). The molecule has 1 aliphatic heterocycles. The number of aryl methyl sites for hydroxylation is 1. The molecule has 0 spiro atoms. The van der Waals surface area contributed by atoms with Gasteiger partial charge in [-0.15, -0.1) is 0 Å². The molecule has 1 aromatic heterocycles. The maximum absolute atomic E-state index is 11.6. The largest absolute Gasteiger partial charge is 0.494 e. The maximum Gasteiger partial charge on any atom is 0.307 e. The van der Waals surface area contributed by atoms with E-state index in [0.717, 1.165) is 66.2 Å². The Morgan fingerprint density at radius 2 is 1.84 bits per heavy atom. The van der Waals surface area contributed by atoms with Gasteiger partial charge in [-0.05, 0) is 55.2 Å². The van der Waals surface area contributed by atoms with E-state index in [1.54, 1.807) is 0 Å². The molecule has 5 heteroatoms. The maximum atomic E-state index is 11.6. The molecular formula is C26H36N2O3. The van der Waals surface area contributed by atoms with Crippen LogP contribution in [0.25, 0.3) is 11.1 Å². The predicted octanol–water partition coefficient (Wildman–Crippen LogP) is 5.74. The van der Waals surface area contributed by atoms with Crippen LogP contribution in [0.3, 0.4) is 0 Å². The summed E-state index contributed by atoms with van der Waals surface area (Å²) in [5, 5.41) is 9.55. The molecule has 0 amide bonds. The van der Waals surface area contributed by atoms with Gasteiger partial charge in [0.1, 0.15) is 5.75 Å². The molecule has 1 N–H and O–H groups in total. The fraction of sp³-hybridized carbons (Fsp3) is 0.538. The van der Waals surface area contributed by atoms with Gasteiger partial charge in [-0.3, -0.25) is 9.78 Å². The van der Waals surface area contributed by atoms with Crippen LogP contribution in [-0.4, -0.2) is 35.8 Å². The number of ether oxygens (including phenoxy) is 1. The van der Waals surface area contributed by atoms with Gasteiger partial charge in [0.05, 0.1) is 18.7 Å². The van der Waals surface area contributed by atoms with Crippen molar-refractivity contribution in [3.05, 3.63) is 41.7 Å². The number of piperidine rings is 1. The minimum Gasteiger partial charge on any atom is -0.494 e. The number of aliphatic carboxylic acids is 1. The zero-order chi connectivity index (χ0) is 22.6. The molecule has 0 saturated carbocycles. The Balaban J connectivity index is 1.95. The highest BCUT2D eigenvalue weighted by Gasteiger charge is 2.29. The van der Waals surface area contributed by atoms with Crippen molar-refractivity contribution < 1.29 is 14.6 Å². The minimum atomic E-state index is -0.825. The van der Waals surface area contributed by atoms with Crippen LogP contribution in [0.2, 0.25) is 0 Å². The van der Waals surface area contributed by atoms with E-state index >= 15 is 0 Å². The van der Waals surface area contributed by atoms with Crippen molar-refractivity contribution in [1.82, 2.24) is 4.98 Å². The summed E-state index contributed by atoms with van der Waals surface area (Å²) < 4.78 is 5.87. The highest BCUT2D eigenvalue weighted by Crippen LogP contribution is 2.40. The van der Waals surface area contributed by atoms with E-state index in [2.05, 4.69) is 49.7 Å². The van der Waals surface area contributed by atoms with E-state index in [-0.39, 0.29) is 6.42 Å². The van der Waals surface area contributed by atoms with Gasteiger partial charge in [0.15, 0.2) is 0 Å². The van der Waals surface area contributed by atoms with Crippen LogP contribution in [0.1, 0.15) is 58.2 Å². The fourth-order valence-corrected chi connectivity index (χ4v) is 4.05. The molecule has 0 bridgehead atoms. The molecule has 31 heavy (non-hydrogen) atoms. The van der Waals surface area contributed by atoms with E-state index in [4.69, 9.17) is 4.74 Å². The average Bonchev–Trinajstić information content (AvgIpc) is 2.70. The predicted molar refractivity (Wildman–Crippen MR) is 126 cm³/mol. The van der Waals surface area contributed by atoms with Crippen LogP contribution < -0.4 is 9.64 Å². The van der Waals surface area contributed by atoms with Gasteiger partial charge in [0.25, 0.3) is 0 Å². The smallest absolute Gasteiger partial charge is 0.307 e. The number of nitrogens with zero attached hydrogens (tertiary/aromatic N) is 2. The molecule has 168 valence electrons. The zero-order valence-corrected chi connectivity index (χ0v) is 19.6. The quantitative estimate of drug-likeness (QED) is 0.586. The summed E-state index contributed by atoms with van der Waals surface area (Å²) in [5.74, 6) is 0.647. The monoisotopic (exact) mass is 424 g/mol. The number of carbonyl (C=O) groups is 1. The van der Waals surface area contributed by atoms with Crippen molar-refractivity contribution in [2.24, 2.45) is 11.3 Å². The normalized spacial score (nSPS) is 15.9. The van der Waals surface area contributed by atoms with Crippen molar-refractivity contribution >= 4 is 11.7 Å². The highest BCUT2D eigenvalue weighted by atomic mass is 16.5. The van der Waals surface area contributed by atoms with Crippen LogP contribution in [-0.2, 0) is 11.2 Å². The zero-order valence-electron chi connectivity index (χ0n) is 19.6. The van der Waals surface area contributed by atoms with Crippen LogP contribution in [0.15, 0.2) is 30.5 Å². The lowest BCUT2D eigenvalue weighted by atomic mass is 9.82. The number of carboxylic acids is 1. The van der Waals surface area contributed by atoms with Crippen molar-refractivity contribution in [2.75, 3.05) is 24.6 Å². The van der Waals surface area contributed by atoms with Crippen LogP contribution in [0, 0.1) is 18.3 Å². The average molecular weight is 425 g/mol. The molecule has 0 atom stereocenters. The first-order valence-electron chi connectivity index (χ1n) is 11.3. The molecule has 2 heterocycles. The Labute approximate surface area is 186 Å². The Kier molecular flexibility index (Phi) is 7.24. The van der Waals surface area contributed by atoms with Crippen molar-refractivity contribution in [3.8, 4) is 16.9 Å². The van der Waals surface area contributed by atoms with E-state index in [0.29, 0.717) is 17.9 Å². The second-order valence-corrected chi connectivity index (χ2v) is 9.86. The summed E-state index contributed by atoms with van der Waals surface area (Å²) in [7, 11) is 0. The van der Waals surface area contributed by atoms with Gasteiger partial charge < -0.3 is 14.7 Å². The molecule has 1 fully saturated rings. The summed E-state index contributed by atoms with van der Waals surface area (Å²) in [4.78, 5) is 18.6. The molecule has 1 saturated heterocycles. The van der Waals surface area contributed by atoms with E-state index < -0.39 is 5.97 Å². The molecule has 1 aliphatic rings. The van der Waals surface area contributed by atoms with Gasteiger partial charge >= 0.3 is 5.97 Å². The van der Waals surface area contributed by atoms with Crippen LogP contribution in [0.5, 0.6) is 5.75 Å². The number of aromatic nitrogens is 1. The summed E-state index contributed by atoms with van der Waals surface area (Å²) in [6.07, 6.45) is 5.08. The summed E-state index contributed by atoms with van der Waals surface area (Å²) >= 11 is 0. The summed E-state index contributed by atoms with van der Waals surface area (Å²) in [6.45, 7) is 13.5. The molecule has 0 unspecified atom stereocenters. The number of hydrogen-bond acceptors (Lipinski definition) is 4. The van der Waals surface area contributed by atoms with Crippen molar-refractivity contribution in [3.63, 3.8) is 0 Å². The van der Waals surface area contributed by atoms with Gasteiger partial charge in [0, 0.05) is 36.1 Å². The standard InChI is InChI=1S/C26H36N2O3/c1-18(2)10-15-31-21-8-6-20(7-9-21)23-17-27-19(3)22(16-24(29)30)25(23)28-13-11-26(4,5)12-14-28/h6-9,17-18H,10-16H2,1-5H3,(H,29,30). The Bertz CT molecular complexity index is 894. The van der Waals surface area contributed by atoms with Gasteiger partial charge in [-0.2, -0.15) is 0 Å². The first kappa shape index (κ1) is 23.1. The fourth-order valence-electron chi connectivity index (χ4n) is 4.05. The number of pyridine rings is 1. The molecule has 1 aromatic carbocycles.